The van der Waals surface area contributed by atoms with Gasteiger partial charge in [-0.2, -0.15) is 4.98 Å². The van der Waals surface area contributed by atoms with Crippen LogP contribution >= 0.6 is 0 Å². The van der Waals surface area contributed by atoms with Gasteiger partial charge in [-0.1, -0.05) is 5.16 Å². The molecule has 1 aromatic carbocycles. The Bertz CT molecular complexity index is 583. The van der Waals surface area contributed by atoms with Crippen LogP contribution in [0.25, 0.3) is 11.4 Å². The molecule has 1 aliphatic heterocycles. The third-order valence-corrected chi connectivity index (χ3v) is 3.80. The predicted molar refractivity (Wildman–Crippen MR) is 73.6 cm³/mol. The average molecular weight is 271 g/mol. The van der Waals surface area contributed by atoms with Gasteiger partial charge in [0.15, 0.2) is 0 Å². The molecule has 0 unspecified atom stereocenters. The first-order valence-corrected chi connectivity index (χ1v) is 7.20. The number of aromatic nitrogens is 2. The normalized spacial score (nSPS) is 22.1. The average Bonchev–Trinajstić information content (AvgIpc) is 3.00. The van der Waals surface area contributed by atoms with Crippen LogP contribution in [0.3, 0.4) is 0 Å². The van der Waals surface area contributed by atoms with E-state index >= 15 is 0 Å². The number of rotatable bonds is 4. The van der Waals surface area contributed by atoms with Gasteiger partial charge in [-0.3, -0.25) is 0 Å². The Balaban J connectivity index is 1.47. The summed E-state index contributed by atoms with van der Waals surface area (Å²) >= 11 is 0. The molecule has 2 aromatic rings. The summed E-state index contributed by atoms with van der Waals surface area (Å²) in [7, 11) is 0. The molecule has 4 rings (SSSR count). The first-order chi connectivity index (χ1) is 9.88. The lowest BCUT2D eigenvalue weighted by atomic mass is 10.2. The van der Waals surface area contributed by atoms with E-state index in [0.717, 1.165) is 36.7 Å². The maximum atomic E-state index is 5.89. The molecule has 0 bridgehead atoms. The predicted octanol–water partition coefficient (Wildman–Crippen LogP) is 2.35. The van der Waals surface area contributed by atoms with E-state index in [4.69, 9.17) is 9.26 Å². The van der Waals surface area contributed by atoms with Gasteiger partial charge >= 0.3 is 0 Å². The van der Waals surface area contributed by atoms with Crippen molar-refractivity contribution in [3.8, 4) is 17.1 Å². The standard InChI is InChI=1S/C15H17N3O2/c1-2-11(1)15-17-14(18-20-15)10-3-5-12(6-4-10)19-13-7-8-16-9-13/h3-6,11,13,16H,1-2,7-9H2/t13-/m0/s1. The van der Waals surface area contributed by atoms with E-state index in [1.54, 1.807) is 0 Å². The molecule has 1 aliphatic carbocycles. The number of benzene rings is 1. The summed E-state index contributed by atoms with van der Waals surface area (Å²) in [5, 5.41) is 7.34. The number of hydrogen-bond donors (Lipinski definition) is 1. The second-order valence-corrected chi connectivity index (χ2v) is 5.49. The molecular weight excluding hydrogens is 254 g/mol. The van der Waals surface area contributed by atoms with Crippen molar-refractivity contribution in [1.82, 2.24) is 15.5 Å². The minimum absolute atomic E-state index is 0.285. The zero-order valence-corrected chi connectivity index (χ0v) is 11.2. The topological polar surface area (TPSA) is 60.2 Å². The van der Waals surface area contributed by atoms with Crippen LogP contribution in [0, 0.1) is 0 Å². The molecule has 1 aromatic heterocycles. The van der Waals surface area contributed by atoms with Crippen molar-refractivity contribution >= 4 is 0 Å². The second kappa shape index (κ2) is 4.90. The van der Waals surface area contributed by atoms with Gasteiger partial charge in [0.1, 0.15) is 11.9 Å². The van der Waals surface area contributed by atoms with Crippen molar-refractivity contribution in [3.63, 3.8) is 0 Å². The van der Waals surface area contributed by atoms with E-state index in [1.165, 1.54) is 12.8 Å². The zero-order valence-electron chi connectivity index (χ0n) is 11.2. The number of nitrogens with zero attached hydrogens (tertiary/aromatic N) is 2. The molecule has 2 heterocycles. The molecule has 0 spiro atoms. The van der Waals surface area contributed by atoms with Crippen LogP contribution < -0.4 is 10.1 Å². The highest BCUT2D eigenvalue weighted by Gasteiger charge is 2.29. The van der Waals surface area contributed by atoms with Gasteiger partial charge in [-0.25, -0.2) is 0 Å². The van der Waals surface area contributed by atoms with Crippen molar-refractivity contribution in [3.05, 3.63) is 30.2 Å². The summed E-state index contributed by atoms with van der Waals surface area (Å²) in [4.78, 5) is 4.45. The van der Waals surface area contributed by atoms with Crippen LogP contribution in [0.5, 0.6) is 5.75 Å². The van der Waals surface area contributed by atoms with Crippen LogP contribution in [-0.2, 0) is 0 Å². The van der Waals surface area contributed by atoms with Gasteiger partial charge in [-0.05, 0) is 50.1 Å². The van der Waals surface area contributed by atoms with E-state index < -0.39 is 0 Å². The van der Waals surface area contributed by atoms with Crippen LogP contribution in [0.4, 0.5) is 0 Å². The Labute approximate surface area is 117 Å². The van der Waals surface area contributed by atoms with E-state index in [2.05, 4.69) is 15.5 Å². The summed E-state index contributed by atoms with van der Waals surface area (Å²) in [5.74, 6) is 2.83. The quantitative estimate of drug-likeness (QED) is 0.925. The smallest absolute Gasteiger partial charge is 0.230 e. The van der Waals surface area contributed by atoms with Gasteiger partial charge in [0.25, 0.3) is 0 Å². The summed E-state index contributed by atoms with van der Waals surface area (Å²) in [6, 6.07) is 7.92. The first kappa shape index (κ1) is 11.9. The van der Waals surface area contributed by atoms with Crippen molar-refractivity contribution < 1.29 is 9.26 Å². The van der Waals surface area contributed by atoms with Crippen molar-refractivity contribution in [2.75, 3.05) is 13.1 Å². The molecular formula is C15H17N3O2. The van der Waals surface area contributed by atoms with E-state index in [0.29, 0.717) is 11.7 Å². The maximum absolute atomic E-state index is 5.89. The Morgan fingerprint density at radius 3 is 2.70 bits per heavy atom. The van der Waals surface area contributed by atoms with Crippen LogP contribution in [0.2, 0.25) is 0 Å². The maximum Gasteiger partial charge on any atom is 0.230 e. The minimum atomic E-state index is 0.285. The molecule has 20 heavy (non-hydrogen) atoms. The number of hydrogen-bond acceptors (Lipinski definition) is 5. The number of ether oxygens (including phenoxy) is 1. The van der Waals surface area contributed by atoms with Crippen LogP contribution in [0.1, 0.15) is 31.1 Å². The summed E-state index contributed by atoms with van der Waals surface area (Å²) in [6.07, 6.45) is 3.69. The van der Waals surface area contributed by atoms with E-state index in [-0.39, 0.29) is 6.10 Å². The molecule has 1 atom stereocenters. The minimum Gasteiger partial charge on any atom is -0.489 e. The fourth-order valence-corrected chi connectivity index (χ4v) is 2.45. The molecule has 2 aliphatic rings. The summed E-state index contributed by atoms with van der Waals surface area (Å²) in [6.45, 7) is 1.97. The third kappa shape index (κ3) is 2.41. The van der Waals surface area contributed by atoms with Crippen molar-refractivity contribution in [1.29, 1.82) is 0 Å². The Morgan fingerprint density at radius 2 is 2.00 bits per heavy atom. The van der Waals surface area contributed by atoms with Gasteiger partial charge in [0.2, 0.25) is 11.7 Å². The Morgan fingerprint density at radius 1 is 1.15 bits per heavy atom. The molecule has 0 radical (unpaired) electrons. The van der Waals surface area contributed by atoms with Crippen molar-refractivity contribution in [2.45, 2.75) is 31.3 Å². The molecule has 1 saturated carbocycles. The highest BCUT2D eigenvalue weighted by molar-refractivity contribution is 5.55. The number of nitrogens with one attached hydrogen (secondary N) is 1. The molecule has 5 heteroatoms. The molecule has 1 saturated heterocycles. The monoisotopic (exact) mass is 271 g/mol. The Hall–Kier alpha value is -1.88. The van der Waals surface area contributed by atoms with Gasteiger partial charge in [0.05, 0.1) is 0 Å². The third-order valence-electron chi connectivity index (χ3n) is 3.80. The lowest BCUT2D eigenvalue weighted by molar-refractivity contribution is 0.223. The van der Waals surface area contributed by atoms with Gasteiger partial charge in [-0.15, -0.1) is 0 Å². The lowest BCUT2D eigenvalue weighted by Crippen LogP contribution is -2.19. The Kier molecular flexibility index (Phi) is 2.92. The fraction of sp³-hybridized carbons (Fsp3) is 0.467. The highest BCUT2D eigenvalue weighted by atomic mass is 16.5. The first-order valence-electron chi connectivity index (χ1n) is 7.20. The van der Waals surface area contributed by atoms with Gasteiger partial charge < -0.3 is 14.6 Å². The lowest BCUT2D eigenvalue weighted by Gasteiger charge is -2.12. The highest BCUT2D eigenvalue weighted by Crippen LogP contribution is 2.39. The largest absolute Gasteiger partial charge is 0.489 e. The zero-order chi connectivity index (χ0) is 13.4. The molecule has 104 valence electrons. The fourth-order valence-electron chi connectivity index (χ4n) is 2.45. The molecule has 0 amide bonds. The second-order valence-electron chi connectivity index (χ2n) is 5.49. The van der Waals surface area contributed by atoms with Gasteiger partial charge in [0, 0.05) is 18.0 Å². The summed E-state index contributed by atoms with van der Waals surface area (Å²) in [5.41, 5.74) is 0.970. The van der Waals surface area contributed by atoms with Crippen LogP contribution in [-0.4, -0.2) is 29.3 Å². The summed E-state index contributed by atoms with van der Waals surface area (Å²) < 4.78 is 11.2. The van der Waals surface area contributed by atoms with E-state index in [9.17, 15) is 0 Å². The van der Waals surface area contributed by atoms with Crippen LogP contribution in [0.15, 0.2) is 28.8 Å². The molecule has 5 nitrogen and oxygen atoms in total. The SMILES string of the molecule is c1cc(-c2noc(C3CC3)n2)ccc1O[C@H]1CCNC1. The molecule has 1 N–H and O–H groups in total. The molecule has 2 fully saturated rings. The van der Waals surface area contributed by atoms with E-state index in [1.807, 2.05) is 24.3 Å². The van der Waals surface area contributed by atoms with Crippen molar-refractivity contribution in [2.24, 2.45) is 0 Å².